The van der Waals surface area contributed by atoms with Crippen molar-refractivity contribution < 1.29 is 0 Å². The van der Waals surface area contributed by atoms with E-state index in [9.17, 15) is 0 Å². The number of terminal acetylenes is 1. The van der Waals surface area contributed by atoms with Crippen LogP contribution in [0.5, 0.6) is 0 Å². The summed E-state index contributed by atoms with van der Waals surface area (Å²) in [5, 5.41) is 2.48. The van der Waals surface area contributed by atoms with Crippen molar-refractivity contribution in [3.63, 3.8) is 0 Å². The van der Waals surface area contributed by atoms with Crippen LogP contribution in [0.15, 0.2) is 218 Å². The summed E-state index contributed by atoms with van der Waals surface area (Å²) in [6.07, 6.45) is 10.7. The SMILES string of the molecule is C#C/C(=C\C=C(/C)c1ccccc1)N(c1ccc(-c2ccccc2)cc1)c1cccc2c1sc1cccc(C3(c4ccccc4)c4ccccc4-c4ccccc43)c12. The van der Waals surface area contributed by atoms with E-state index in [1.807, 2.05) is 17.4 Å². The number of hydrogen-bond acceptors (Lipinski definition) is 2. The zero-order valence-corrected chi connectivity index (χ0v) is 33.0. The number of hydrogen-bond donors (Lipinski definition) is 0. The van der Waals surface area contributed by atoms with Gasteiger partial charge < -0.3 is 4.90 Å². The third-order valence-electron chi connectivity index (χ3n) is 11.6. The van der Waals surface area contributed by atoms with Gasteiger partial charge in [-0.2, -0.15) is 0 Å². The highest BCUT2D eigenvalue weighted by Crippen LogP contribution is 2.58. The van der Waals surface area contributed by atoms with E-state index in [1.165, 1.54) is 59.1 Å². The summed E-state index contributed by atoms with van der Waals surface area (Å²) in [4.78, 5) is 2.26. The summed E-state index contributed by atoms with van der Waals surface area (Å²) >= 11 is 1.84. The van der Waals surface area contributed by atoms with E-state index in [-0.39, 0.29) is 0 Å². The number of anilines is 2. The van der Waals surface area contributed by atoms with E-state index in [0.717, 1.165) is 33.8 Å². The lowest BCUT2D eigenvalue weighted by Gasteiger charge is -2.34. The summed E-state index contributed by atoms with van der Waals surface area (Å²) < 4.78 is 2.42. The van der Waals surface area contributed by atoms with E-state index >= 15 is 0 Å². The van der Waals surface area contributed by atoms with Crippen LogP contribution in [-0.4, -0.2) is 0 Å². The Morgan fingerprint density at radius 2 is 1.12 bits per heavy atom. The average Bonchev–Trinajstić information content (AvgIpc) is 3.83. The fourth-order valence-corrected chi connectivity index (χ4v) is 10.3. The van der Waals surface area contributed by atoms with Crippen LogP contribution < -0.4 is 4.90 Å². The van der Waals surface area contributed by atoms with E-state index in [2.05, 4.69) is 224 Å². The summed E-state index contributed by atoms with van der Waals surface area (Å²) in [7, 11) is 0. The second kappa shape index (κ2) is 14.7. The second-order valence-electron chi connectivity index (χ2n) is 14.8. The van der Waals surface area contributed by atoms with Crippen LogP contribution in [-0.2, 0) is 5.41 Å². The van der Waals surface area contributed by atoms with Crippen LogP contribution in [0.2, 0.25) is 0 Å². The van der Waals surface area contributed by atoms with Gasteiger partial charge in [-0.3, -0.25) is 0 Å². The Hall–Kier alpha value is -7.18. The molecule has 0 aliphatic heterocycles. The molecular weight excluding hydrogens is 719 g/mol. The molecule has 274 valence electrons. The monoisotopic (exact) mass is 757 g/mol. The van der Waals surface area contributed by atoms with Gasteiger partial charge in [0.05, 0.1) is 21.5 Å². The molecule has 58 heavy (non-hydrogen) atoms. The fraction of sp³-hybridized carbons (Fsp3) is 0.0357. The lowest BCUT2D eigenvalue weighted by atomic mass is 9.66. The molecule has 0 fully saturated rings. The summed E-state index contributed by atoms with van der Waals surface area (Å²) in [6, 6.07) is 72.3. The van der Waals surface area contributed by atoms with Crippen molar-refractivity contribution >= 4 is 48.5 Å². The molecule has 0 radical (unpaired) electrons. The van der Waals surface area contributed by atoms with Gasteiger partial charge >= 0.3 is 0 Å². The van der Waals surface area contributed by atoms with Crippen molar-refractivity contribution in [2.75, 3.05) is 4.90 Å². The van der Waals surface area contributed by atoms with E-state index < -0.39 is 5.41 Å². The number of thiophene rings is 1. The van der Waals surface area contributed by atoms with Crippen molar-refractivity contribution in [3.8, 4) is 34.6 Å². The normalized spacial score (nSPS) is 13.2. The minimum absolute atomic E-state index is 0.519. The highest BCUT2D eigenvalue weighted by molar-refractivity contribution is 7.26. The number of nitrogens with zero attached hydrogens (tertiary/aromatic N) is 1. The molecule has 9 aromatic rings. The molecule has 0 bridgehead atoms. The first-order valence-corrected chi connectivity index (χ1v) is 20.5. The molecule has 0 atom stereocenters. The molecule has 8 aromatic carbocycles. The van der Waals surface area contributed by atoms with Crippen LogP contribution in [0.1, 0.15) is 34.7 Å². The molecular formula is C56H39NS. The standard InChI is InChI=1S/C56H39NS/c1-3-44(36-33-39(2)40-19-7-4-8-20-40)57(45-37-34-42(35-38-45)41-21-9-5-10-22-41)52-31-17-27-48-54-51(30-18-32-53(54)58-55(48)52)56(43-23-11-6-12-24-43)49-28-15-13-25-46(49)47-26-14-16-29-50(47)56/h1,4-38H,2H3/b39-33+,44-36+. The first kappa shape index (κ1) is 35.2. The van der Waals surface area contributed by atoms with Crippen LogP contribution in [0.3, 0.4) is 0 Å². The lowest BCUT2D eigenvalue weighted by Crippen LogP contribution is -2.28. The Balaban J connectivity index is 1.22. The van der Waals surface area contributed by atoms with Crippen molar-refractivity contribution in [2.45, 2.75) is 12.3 Å². The molecule has 1 heterocycles. The first-order chi connectivity index (χ1) is 28.7. The lowest BCUT2D eigenvalue weighted by molar-refractivity contribution is 0.777. The molecule has 0 saturated carbocycles. The molecule has 10 rings (SSSR count). The zero-order valence-electron chi connectivity index (χ0n) is 32.1. The largest absolute Gasteiger partial charge is 0.302 e. The van der Waals surface area contributed by atoms with Gasteiger partial charge in [0.1, 0.15) is 0 Å². The smallest absolute Gasteiger partial charge is 0.0967 e. The third-order valence-corrected chi connectivity index (χ3v) is 12.8. The molecule has 0 saturated heterocycles. The van der Waals surface area contributed by atoms with Gasteiger partial charge in [0, 0.05) is 21.2 Å². The van der Waals surface area contributed by atoms with Crippen LogP contribution in [0, 0.1) is 12.3 Å². The number of fused-ring (bicyclic) bond motifs is 6. The van der Waals surface area contributed by atoms with E-state index in [4.69, 9.17) is 6.42 Å². The molecule has 1 aliphatic rings. The predicted molar refractivity (Wildman–Crippen MR) is 248 cm³/mol. The van der Waals surface area contributed by atoms with Crippen molar-refractivity contribution in [3.05, 3.63) is 246 Å². The fourth-order valence-electron chi connectivity index (χ4n) is 9.03. The maximum absolute atomic E-state index is 6.51. The second-order valence-corrected chi connectivity index (χ2v) is 15.9. The Morgan fingerprint density at radius 3 is 1.79 bits per heavy atom. The Kier molecular flexibility index (Phi) is 8.94. The van der Waals surface area contributed by atoms with Crippen LogP contribution >= 0.6 is 11.3 Å². The molecule has 0 spiro atoms. The van der Waals surface area contributed by atoms with Gasteiger partial charge in [-0.15, -0.1) is 17.8 Å². The van der Waals surface area contributed by atoms with Gasteiger partial charge in [0.2, 0.25) is 0 Å². The molecule has 0 amide bonds. The Labute approximate surface area is 344 Å². The van der Waals surface area contributed by atoms with Crippen LogP contribution in [0.25, 0.3) is 48.0 Å². The molecule has 0 unspecified atom stereocenters. The Morgan fingerprint density at radius 1 is 0.552 bits per heavy atom. The predicted octanol–water partition coefficient (Wildman–Crippen LogP) is 14.8. The first-order valence-electron chi connectivity index (χ1n) is 19.7. The third kappa shape index (κ3) is 5.71. The quantitative estimate of drug-likeness (QED) is 0.110. The average molecular weight is 758 g/mol. The van der Waals surface area contributed by atoms with Gasteiger partial charge in [-0.1, -0.05) is 188 Å². The molecule has 1 nitrogen and oxygen atoms in total. The summed E-state index contributed by atoms with van der Waals surface area (Å²) in [5.74, 6) is 3.10. The van der Waals surface area contributed by atoms with Crippen molar-refractivity contribution in [1.82, 2.24) is 0 Å². The summed E-state index contributed by atoms with van der Waals surface area (Å²) in [6.45, 7) is 2.13. The van der Waals surface area contributed by atoms with Crippen molar-refractivity contribution in [1.29, 1.82) is 0 Å². The molecule has 0 N–H and O–H groups in total. The molecule has 1 aliphatic carbocycles. The Bertz CT molecular complexity index is 3010. The maximum atomic E-state index is 6.51. The number of rotatable bonds is 8. The number of allylic oxidation sites excluding steroid dienone is 4. The highest BCUT2D eigenvalue weighted by atomic mass is 32.1. The molecule has 2 heteroatoms. The highest BCUT2D eigenvalue weighted by Gasteiger charge is 2.47. The minimum atomic E-state index is -0.519. The van der Waals surface area contributed by atoms with E-state index in [1.54, 1.807) is 0 Å². The minimum Gasteiger partial charge on any atom is -0.302 e. The summed E-state index contributed by atoms with van der Waals surface area (Å²) in [5.41, 5.74) is 14.6. The maximum Gasteiger partial charge on any atom is 0.0967 e. The topological polar surface area (TPSA) is 3.24 Å². The van der Waals surface area contributed by atoms with Crippen molar-refractivity contribution in [2.24, 2.45) is 0 Å². The van der Waals surface area contributed by atoms with Gasteiger partial charge in [0.25, 0.3) is 0 Å². The van der Waals surface area contributed by atoms with E-state index in [0.29, 0.717) is 0 Å². The van der Waals surface area contributed by atoms with Gasteiger partial charge in [0.15, 0.2) is 0 Å². The molecule has 1 aromatic heterocycles. The number of benzene rings is 8. The van der Waals surface area contributed by atoms with Gasteiger partial charge in [-0.25, -0.2) is 0 Å². The van der Waals surface area contributed by atoms with Gasteiger partial charge in [-0.05, 0) is 92.9 Å². The zero-order chi connectivity index (χ0) is 39.1. The van der Waals surface area contributed by atoms with Crippen LogP contribution in [0.4, 0.5) is 11.4 Å².